The van der Waals surface area contributed by atoms with Crippen LogP contribution >= 0.6 is 0 Å². The van der Waals surface area contributed by atoms with Crippen LogP contribution in [-0.2, 0) is 35.2 Å². The van der Waals surface area contributed by atoms with E-state index in [9.17, 15) is 19.2 Å². The highest BCUT2D eigenvalue weighted by molar-refractivity contribution is 5.96. The lowest BCUT2D eigenvalue weighted by Crippen LogP contribution is -2.41. The molecule has 0 heterocycles. The highest BCUT2D eigenvalue weighted by atomic mass is 16.5. The SMILES string of the molecule is COC(=O)CC[C@H](NC(=O)c1ccc(COC(C)=O)cc1)C(=O)OC. The second kappa shape index (κ2) is 10.1. The Balaban J connectivity index is 2.70. The predicted molar refractivity (Wildman–Crippen MR) is 86.4 cm³/mol. The van der Waals surface area contributed by atoms with E-state index in [1.54, 1.807) is 24.3 Å². The standard InChI is InChI=1S/C17H21NO7/c1-11(19)25-10-12-4-6-13(7-5-12)16(21)18-14(17(22)24-3)8-9-15(20)23-2/h4-7,14H,8-10H2,1-3H3,(H,18,21)/t14-/m0/s1. The van der Waals surface area contributed by atoms with Gasteiger partial charge in [-0.25, -0.2) is 4.79 Å². The number of hydrogen-bond acceptors (Lipinski definition) is 7. The number of carbonyl (C=O) groups is 4. The molecule has 8 heteroatoms. The summed E-state index contributed by atoms with van der Waals surface area (Å²) in [6.07, 6.45) is 0.0352. The summed E-state index contributed by atoms with van der Waals surface area (Å²) < 4.78 is 14.0. The van der Waals surface area contributed by atoms with Gasteiger partial charge < -0.3 is 19.5 Å². The maximum Gasteiger partial charge on any atom is 0.328 e. The minimum absolute atomic E-state index is 0.0299. The third-order valence-electron chi connectivity index (χ3n) is 3.31. The molecule has 1 aromatic rings. The number of hydrogen-bond donors (Lipinski definition) is 1. The van der Waals surface area contributed by atoms with Crippen LogP contribution in [0.3, 0.4) is 0 Å². The number of rotatable bonds is 8. The van der Waals surface area contributed by atoms with E-state index in [4.69, 9.17) is 4.74 Å². The summed E-state index contributed by atoms with van der Waals surface area (Å²) in [5.41, 5.74) is 1.04. The first-order chi connectivity index (χ1) is 11.9. The van der Waals surface area contributed by atoms with Crippen LogP contribution in [-0.4, -0.2) is 44.1 Å². The van der Waals surface area contributed by atoms with Gasteiger partial charge in [-0.2, -0.15) is 0 Å². The summed E-state index contributed by atoms with van der Waals surface area (Å²) in [6, 6.07) is 5.40. The Morgan fingerprint density at radius 1 is 1.04 bits per heavy atom. The summed E-state index contributed by atoms with van der Waals surface area (Å²) in [5.74, 6) is -2.02. The lowest BCUT2D eigenvalue weighted by molar-refractivity contribution is -0.144. The normalized spacial score (nSPS) is 11.2. The molecule has 0 fully saturated rings. The molecule has 0 unspecified atom stereocenters. The van der Waals surface area contributed by atoms with Gasteiger partial charge in [0.2, 0.25) is 0 Å². The predicted octanol–water partition coefficient (Wildman–Crippen LogP) is 0.974. The molecule has 0 aliphatic heterocycles. The van der Waals surface area contributed by atoms with Gasteiger partial charge >= 0.3 is 17.9 Å². The zero-order valence-electron chi connectivity index (χ0n) is 14.4. The number of esters is 3. The van der Waals surface area contributed by atoms with Gasteiger partial charge in [-0.3, -0.25) is 14.4 Å². The van der Waals surface area contributed by atoms with E-state index in [0.717, 1.165) is 5.56 Å². The fourth-order valence-electron chi connectivity index (χ4n) is 1.93. The van der Waals surface area contributed by atoms with Gasteiger partial charge in [0, 0.05) is 18.9 Å². The van der Waals surface area contributed by atoms with Gasteiger partial charge in [-0.1, -0.05) is 12.1 Å². The highest BCUT2D eigenvalue weighted by Gasteiger charge is 2.23. The van der Waals surface area contributed by atoms with Crippen molar-refractivity contribution in [3.63, 3.8) is 0 Å². The van der Waals surface area contributed by atoms with Gasteiger partial charge in [0.15, 0.2) is 0 Å². The molecule has 1 aromatic carbocycles. The van der Waals surface area contributed by atoms with Crippen LogP contribution in [0.25, 0.3) is 0 Å². The molecule has 0 saturated heterocycles. The zero-order valence-corrected chi connectivity index (χ0v) is 14.4. The van der Waals surface area contributed by atoms with Crippen molar-refractivity contribution in [2.24, 2.45) is 0 Å². The number of carbonyl (C=O) groups excluding carboxylic acids is 4. The van der Waals surface area contributed by atoms with Gasteiger partial charge in [0.25, 0.3) is 5.91 Å². The molecule has 1 amide bonds. The summed E-state index contributed by atoms with van der Waals surface area (Å²) >= 11 is 0. The Bertz CT molecular complexity index is 624. The smallest absolute Gasteiger partial charge is 0.328 e. The zero-order chi connectivity index (χ0) is 18.8. The highest BCUT2D eigenvalue weighted by Crippen LogP contribution is 2.08. The maximum atomic E-state index is 12.2. The molecule has 25 heavy (non-hydrogen) atoms. The molecule has 0 aliphatic rings. The second-order valence-corrected chi connectivity index (χ2v) is 5.14. The molecule has 1 atom stereocenters. The first-order valence-corrected chi connectivity index (χ1v) is 7.55. The third kappa shape index (κ3) is 7.03. The van der Waals surface area contributed by atoms with E-state index in [0.29, 0.717) is 5.56 Å². The molecule has 0 spiro atoms. The lowest BCUT2D eigenvalue weighted by atomic mass is 10.1. The molecule has 0 radical (unpaired) electrons. The Kier molecular flexibility index (Phi) is 8.11. The van der Waals surface area contributed by atoms with Crippen LogP contribution in [0.2, 0.25) is 0 Å². The largest absolute Gasteiger partial charge is 0.469 e. The van der Waals surface area contributed by atoms with Crippen molar-refractivity contribution in [2.75, 3.05) is 14.2 Å². The van der Waals surface area contributed by atoms with E-state index in [-0.39, 0.29) is 19.4 Å². The molecule has 0 aromatic heterocycles. The van der Waals surface area contributed by atoms with E-state index in [1.165, 1.54) is 21.1 Å². The summed E-state index contributed by atoms with van der Waals surface area (Å²) in [5, 5.41) is 2.53. The molecule has 8 nitrogen and oxygen atoms in total. The first-order valence-electron chi connectivity index (χ1n) is 7.55. The third-order valence-corrected chi connectivity index (χ3v) is 3.31. The fraction of sp³-hybridized carbons (Fsp3) is 0.412. The van der Waals surface area contributed by atoms with E-state index in [1.807, 2.05) is 0 Å². The number of ether oxygens (including phenoxy) is 3. The van der Waals surface area contributed by atoms with E-state index < -0.39 is 29.9 Å². The molecule has 0 saturated carbocycles. The summed E-state index contributed by atoms with van der Waals surface area (Å²) in [6.45, 7) is 1.42. The number of benzene rings is 1. The van der Waals surface area contributed by atoms with Crippen molar-refractivity contribution in [1.82, 2.24) is 5.32 Å². The first kappa shape index (κ1) is 20.1. The van der Waals surface area contributed by atoms with Crippen LogP contribution in [0.15, 0.2) is 24.3 Å². The van der Waals surface area contributed by atoms with Crippen molar-refractivity contribution in [3.8, 4) is 0 Å². The van der Waals surface area contributed by atoms with Gasteiger partial charge in [-0.05, 0) is 24.1 Å². The minimum Gasteiger partial charge on any atom is -0.469 e. The van der Waals surface area contributed by atoms with Crippen molar-refractivity contribution >= 4 is 23.8 Å². The average Bonchev–Trinajstić information content (AvgIpc) is 2.62. The Labute approximate surface area is 145 Å². The minimum atomic E-state index is -0.961. The van der Waals surface area contributed by atoms with Crippen molar-refractivity contribution < 1.29 is 33.4 Å². The Morgan fingerprint density at radius 2 is 1.68 bits per heavy atom. The van der Waals surface area contributed by atoms with Crippen LogP contribution in [0.1, 0.15) is 35.7 Å². The van der Waals surface area contributed by atoms with Crippen molar-refractivity contribution in [2.45, 2.75) is 32.4 Å². The molecule has 0 bridgehead atoms. The Hall–Kier alpha value is -2.90. The van der Waals surface area contributed by atoms with Crippen LogP contribution in [0.4, 0.5) is 0 Å². The monoisotopic (exact) mass is 351 g/mol. The molecular formula is C17H21NO7. The molecule has 1 N–H and O–H groups in total. The summed E-state index contributed by atoms with van der Waals surface area (Å²) in [4.78, 5) is 46.0. The van der Waals surface area contributed by atoms with E-state index in [2.05, 4.69) is 14.8 Å². The number of amides is 1. The molecule has 1 rings (SSSR count). The Morgan fingerprint density at radius 3 is 2.20 bits per heavy atom. The number of nitrogens with one attached hydrogen (secondary N) is 1. The van der Waals surface area contributed by atoms with Gasteiger partial charge in [0.1, 0.15) is 12.6 Å². The topological polar surface area (TPSA) is 108 Å². The van der Waals surface area contributed by atoms with E-state index >= 15 is 0 Å². The average molecular weight is 351 g/mol. The van der Waals surface area contributed by atoms with Crippen molar-refractivity contribution in [3.05, 3.63) is 35.4 Å². The van der Waals surface area contributed by atoms with Crippen molar-refractivity contribution in [1.29, 1.82) is 0 Å². The van der Waals surface area contributed by atoms with Crippen LogP contribution in [0.5, 0.6) is 0 Å². The maximum absolute atomic E-state index is 12.2. The van der Waals surface area contributed by atoms with Gasteiger partial charge in [-0.15, -0.1) is 0 Å². The van der Waals surface area contributed by atoms with Crippen LogP contribution < -0.4 is 5.32 Å². The lowest BCUT2D eigenvalue weighted by Gasteiger charge is -2.16. The molecular weight excluding hydrogens is 330 g/mol. The molecule has 136 valence electrons. The summed E-state index contributed by atoms with van der Waals surface area (Å²) in [7, 11) is 2.44. The second-order valence-electron chi connectivity index (χ2n) is 5.14. The fourth-order valence-corrected chi connectivity index (χ4v) is 1.93. The quantitative estimate of drug-likeness (QED) is 0.549. The number of methoxy groups -OCH3 is 2. The van der Waals surface area contributed by atoms with Crippen LogP contribution in [0, 0.1) is 0 Å². The van der Waals surface area contributed by atoms with Gasteiger partial charge in [0.05, 0.1) is 14.2 Å². The molecule has 0 aliphatic carbocycles.